The molecule has 0 atom stereocenters. The highest BCUT2D eigenvalue weighted by molar-refractivity contribution is 5.71. The molecule has 0 aliphatic rings. The van der Waals surface area contributed by atoms with Crippen molar-refractivity contribution in [2.75, 3.05) is 5.73 Å². The molecular weight excluding hydrogens is 257 g/mol. The van der Waals surface area contributed by atoms with Crippen LogP contribution in [0.25, 0.3) is 16.9 Å². The van der Waals surface area contributed by atoms with Gasteiger partial charge in [0.25, 0.3) is 0 Å². The summed E-state index contributed by atoms with van der Waals surface area (Å²) in [7, 11) is 0. The van der Waals surface area contributed by atoms with Crippen LogP contribution >= 0.6 is 0 Å². The van der Waals surface area contributed by atoms with E-state index in [0.29, 0.717) is 11.4 Å². The summed E-state index contributed by atoms with van der Waals surface area (Å²) in [5, 5.41) is 8.65. The van der Waals surface area contributed by atoms with Crippen molar-refractivity contribution >= 4 is 5.69 Å². The standard InChI is InChI=1S/C14H14FN5/c1-2-19-8-10(7-17-19)14-13(16)9-20(18-14)12-5-3-11(15)4-6-12/h3-9H,2,16H2,1H3. The Kier molecular flexibility index (Phi) is 2.98. The van der Waals surface area contributed by atoms with E-state index < -0.39 is 0 Å². The fourth-order valence-electron chi connectivity index (χ4n) is 2.00. The maximum absolute atomic E-state index is 12.9. The van der Waals surface area contributed by atoms with Crippen molar-refractivity contribution in [3.8, 4) is 16.9 Å². The first-order valence-electron chi connectivity index (χ1n) is 6.31. The average Bonchev–Trinajstić information content (AvgIpc) is 3.05. The van der Waals surface area contributed by atoms with Gasteiger partial charge in [0, 0.05) is 18.3 Å². The van der Waals surface area contributed by atoms with Gasteiger partial charge in [0.2, 0.25) is 0 Å². The summed E-state index contributed by atoms with van der Waals surface area (Å²) < 4.78 is 16.4. The number of nitrogen functional groups attached to an aromatic ring is 1. The molecule has 20 heavy (non-hydrogen) atoms. The van der Waals surface area contributed by atoms with Crippen molar-refractivity contribution in [2.45, 2.75) is 13.5 Å². The van der Waals surface area contributed by atoms with Crippen molar-refractivity contribution < 1.29 is 4.39 Å². The lowest BCUT2D eigenvalue weighted by Crippen LogP contribution is -1.94. The lowest BCUT2D eigenvalue weighted by Gasteiger charge is -1.99. The van der Waals surface area contributed by atoms with Gasteiger partial charge in [-0.3, -0.25) is 4.68 Å². The number of hydrogen-bond donors (Lipinski definition) is 1. The summed E-state index contributed by atoms with van der Waals surface area (Å²) in [6, 6.07) is 6.09. The van der Waals surface area contributed by atoms with Crippen LogP contribution in [0.15, 0.2) is 42.9 Å². The molecule has 3 rings (SSSR count). The Hall–Kier alpha value is -2.63. The average molecular weight is 271 g/mol. The molecular formula is C14H14FN5. The molecule has 0 fully saturated rings. The minimum Gasteiger partial charge on any atom is -0.396 e. The van der Waals surface area contributed by atoms with Crippen LogP contribution in [0.2, 0.25) is 0 Å². The van der Waals surface area contributed by atoms with Crippen LogP contribution < -0.4 is 5.73 Å². The number of hydrogen-bond acceptors (Lipinski definition) is 3. The fraction of sp³-hybridized carbons (Fsp3) is 0.143. The highest BCUT2D eigenvalue weighted by atomic mass is 19.1. The van der Waals surface area contributed by atoms with Crippen LogP contribution in [-0.4, -0.2) is 19.6 Å². The van der Waals surface area contributed by atoms with Gasteiger partial charge in [-0.05, 0) is 31.2 Å². The van der Waals surface area contributed by atoms with Gasteiger partial charge < -0.3 is 5.73 Å². The van der Waals surface area contributed by atoms with Gasteiger partial charge >= 0.3 is 0 Å². The van der Waals surface area contributed by atoms with Crippen LogP contribution in [0.3, 0.4) is 0 Å². The summed E-state index contributed by atoms with van der Waals surface area (Å²) in [4.78, 5) is 0. The molecule has 0 unspecified atom stereocenters. The predicted molar refractivity (Wildman–Crippen MR) is 74.8 cm³/mol. The Bertz CT molecular complexity index is 726. The molecule has 2 aromatic heterocycles. The van der Waals surface area contributed by atoms with E-state index in [1.165, 1.54) is 12.1 Å². The van der Waals surface area contributed by atoms with Gasteiger partial charge in [-0.15, -0.1) is 0 Å². The molecule has 5 nitrogen and oxygen atoms in total. The van der Waals surface area contributed by atoms with Gasteiger partial charge in [0.1, 0.15) is 11.5 Å². The van der Waals surface area contributed by atoms with Crippen molar-refractivity contribution in [3.63, 3.8) is 0 Å². The zero-order valence-corrected chi connectivity index (χ0v) is 11.0. The van der Waals surface area contributed by atoms with Crippen LogP contribution in [-0.2, 0) is 6.54 Å². The SMILES string of the molecule is CCn1cc(-c2nn(-c3ccc(F)cc3)cc2N)cn1. The first-order valence-corrected chi connectivity index (χ1v) is 6.31. The van der Waals surface area contributed by atoms with E-state index in [0.717, 1.165) is 17.8 Å². The summed E-state index contributed by atoms with van der Waals surface area (Å²) in [6.45, 7) is 2.80. The van der Waals surface area contributed by atoms with Crippen LogP contribution in [0.4, 0.5) is 10.1 Å². The maximum atomic E-state index is 12.9. The van der Waals surface area contributed by atoms with Crippen molar-refractivity contribution in [2.24, 2.45) is 0 Å². The highest BCUT2D eigenvalue weighted by Crippen LogP contribution is 2.25. The number of benzene rings is 1. The largest absolute Gasteiger partial charge is 0.396 e. The van der Waals surface area contributed by atoms with Gasteiger partial charge in [0.15, 0.2) is 0 Å². The quantitative estimate of drug-likeness (QED) is 0.796. The maximum Gasteiger partial charge on any atom is 0.123 e. The van der Waals surface area contributed by atoms with E-state index >= 15 is 0 Å². The first kappa shape index (κ1) is 12.4. The van der Waals surface area contributed by atoms with Crippen LogP contribution in [0.1, 0.15) is 6.92 Å². The number of aryl methyl sites for hydroxylation is 1. The first-order chi connectivity index (χ1) is 9.67. The van der Waals surface area contributed by atoms with Gasteiger partial charge in [0.05, 0.1) is 23.8 Å². The van der Waals surface area contributed by atoms with Crippen LogP contribution in [0, 0.1) is 5.82 Å². The Morgan fingerprint density at radius 3 is 2.60 bits per heavy atom. The Morgan fingerprint density at radius 1 is 1.20 bits per heavy atom. The van der Waals surface area contributed by atoms with Crippen molar-refractivity contribution in [3.05, 3.63) is 48.7 Å². The summed E-state index contributed by atoms with van der Waals surface area (Å²) in [5.74, 6) is -0.279. The lowest BCUT2D eigenvalue weighted by atomic mass is 10.2. The Labute approximate surface area is 115 Å². The minimum absolute atomic E-state index is 0.279. The molecule has 6 heteroatoms. The third-order valence-corrected chi connectivity index (χ3v) is 3.06. The Balaban J connectivity index is 2.00. The van der Waals surface area contributed by atoms with Gasteiger partial charge in [-0.2, -0.15) is 10.2 Å². The van der Waals surface area contributed by atoms with Gasteiger partial charge in [-0.1, -0.05) is 0 Å². The summed E-state index contributed by atoms with van der Waals surface area (Å²) in [5.41, 5.74) is 8.85. The predicted octanol–water partition coefficient (Wildman–Crippen LogP) is 2.48. The number of aromatic nitrogens is 4. The molecule has 2 heterocycles. The van der Waals surface area contributed by atoms with E-state index in [2.05, 4.69) is 10.2 Å². The smallest absolute Gasteiger partial charge is 0.123 e. The molecule has 0 saturated carbocycles. The summed E-state index contributed by atoms with van der Waals surface area (Å²) >= 11 is 0. The molecule has 0 spiro atoms. The second-order valence-electron chi connectivity index (χ2n) is 4.44. The number of anilines is 1. The molecule has 0 saturated heterocycles. The Morgan fingerprint density at radius 2 is 1.95 bits per heavy atom. The second kappa shape index (κ2) is 4.80. The third-order valence-electron chi connectivity index (χ3n) is 3.06. The molecule has 2 N–H and O–H groups in total. The number of nitrogens with zero attached hydrogens (tertiary/aromatic N) is 4. The monoisotopic (exact) mass is 271 g/mol. The lowest BCUT2D eigenvalue weighted by molar-refractivity contribution is 0.627. The minimum atomic E-state index is -0.279. The molecule has 3 aromatic rings. The zero-order chi connectivity index (χ0) is 14.1. The number of nitrogens with two attached hydrogens (primary N) is 1. The molecule has 0 aliphatic carbocycles. The third kappa shape index (κ3) is 2.16. The van der Waals surface area contributed by atoms with Crippen molar-refractivity contribution in [1.29, 1.82) is 0 Å². The fourth-order valence-corrected chi connectivity index (χ4v) is 2.00. The zero-order valence-electron chi connectivity index (χ0n) is 11.0. The van der Waals surface area contributed by atoms with E-state index in [1.54, 1.807) is 29.2 Å². The van der Waals surface area contributed by atoms with E-state index in [9.17, 15) is 4.39 Å². The van der Waals surface area contributed by atoms with E-state index in [-0.39, 0.29) is 5.82 Å². The van der Waals surface area contributed by atoms with E-state index in [4.69, 9.17) is 5.73 Å². The van der Waals surface area contributed by atoms with Crippen LogP contribution in [0.5, 0.6) is 0 Å². The molecule has 1 aromatic carbocycles. The molecule has 0 amide bonds. The number of rotatable bonds is 3. The molecule has 0 aliphatic heterocycles. The molecule has 0 bridgehead atoms. The topological polar surface area (TPSA) is 61.7 Å². The molecule has 0 radical (unpaired) electrons. The number of halogens is 1. The normalized spacial score (nSPS) is 10.9. The van der Waals surface area contributed by atoms with Gasteiger partial charge in [-0.25, -0.2) is 9.07 Å². The second-order valence-corrected chi connectivity index (χ2v) is 4.44. The summed E-state index contributed by atoms with van der Waals surface area (Å²) in [6.07, 6.45) is 5.34. The molecule has 102 valence electrons. The van der Waals surface area contributed by atoms with E-state index in [1.807, 2.05) is 17.8 Å². The van der Waals surface area contributed by atoms with Crippen molar-refractivity contribution in [1.82, 2.24) is 19.6 Å². The highest BCUT2D eigenvalue weighted by Gasteiger charge is 2.11.